The first-order valence-electron chi connectivity index (χ1n) is 9.63. The predicted octanol–water partition coefficient (Wildman–Crippen LogP) is 4.46. The molecule has 0 saturated heterocycles. The van der Waals surface area contributed by atoms with E-state index < -0.39 is 24.1 Å². The molecule has 0 aliphatic rings. The van der Waals surface area contributed by atoms with Crippen molar-refractivity contribution in [3.05, 3.63) is 72.3 Å². The van der Waals surface area contributed by atoms with Gasteiger partial charge in [-0.15, -0.1) is 0 Å². The molecule has 0 radical (unpaired) electrons. The van der Waals surface area contributed by atoms with Crippen molar-refractivity contribution in [3.8, 4) is 17.0 Å². The molecule has 0 aliphatic carbocycles. The molecule has 3 N–H and O–H groups in total. The van der Waals surface area contributed by atoms with Gasteiger partial charge in [0.05, 0.1) is 18.4 Å². The smallest absolute Gasteiger partial charge is 0.490 e. The van der Waals surface area contributed by atoms with Gasteiger partial charge in [0.25, 0.3) is 0 Å². The van der Waals surface area contributed by atoms with Crippen molar-refractivity contribution in [2.75, 3.05) is 18.5 Å². The summed E-state index contributed by atoms with van der Waals surface area (Å²) in [4.78, 5) is 17.2. The van der Waals surface area contributed by atoms with E-state index in [0.717, 1.165) is 5.56 Å². The summed E-state index contributed by atoms with van der Waals surface area (Å²) in [6.45, 7) is 2.51. The topological polar surface area (TPSA) is 105 Å². The lowest BCUT2D eigenvalue weighted by Crippen LogP contribution is -2.21. The number of benzene rings is 2. The van der Waals surface area contributed by atoms with E-state index in [1.54, 1.807) is 25.1 Å². The molecule has 33 heavy (non-hydrogen) atoms. The van der Waals surface area contributed by atoms with Crippen LogP contribution in [-0.2, 0) is 4.79 Å². The quantitative estimate of drug-likeness (QED) is 0.441. The van der Waals surface area contributed by atoms with Crippen molar-refractivity contribution in [3.63, 3.8) is 0 Å². The lowest BCUT2D eigenvalue weighted by atomic mass is 10.1. The third kappa shape index (κ3) is 8.04. The SMILES string of the molecule is CCOc1ccc(-c2cc(NC[C@H](O)c3ccccc3)ncn2)cc1F.O=C(O)C(F)(F)F. The molecule has 0 aliphatic heterocycles. The zero-order chi connectivity index (χ0) is 24.4. The Kier molecular flexibility index (Phi) is 9.10. The van der Waals surface area contributed by atoms with Crippen LogP contribution in [-0.4, -0.2) is 45.5 Å². The Hall–Kier alpha value is -3.73. The first kappa shape index (κ1) is 25.5. The van der Waals surface area contributed by atoms with Gasteiger partial charge in [0, 0.05) is 18.2 Å². The number of carboxylic acid groups (broad SMARTS) is 1. The van der Waals surface area contributed by atoms with Gasteiger partial charge < -0.3 is 20.3 Å². The summed E-state index contributed by atoms with van der Waals surface area (Å²) in [6.07, 6.45) is -4.33. The number of alkyl halides is 3. The van der Waals surface area contributed by atoms with Gasteiger partial charge in [0.15, 0.2) is 11.6 Å². The number of rotatable bonds is 7. The van der Waals surface area contributed by atoms with E-state index in [4.69, 9.17) is 14.6 Å². The summed E-state index contributed by atoms with van der Waals surface area (Å²) >= 11 is 0. The van der Waals surface area contributed by atoms with Crippen LogP contribution in [0.15, 0.2) is 60.9 Å². The molecule has 3 rings (SSSR count). The van der Waals surface area contributed by atoms with Gasteiger partial charge >= 0.3 is 12.1 Å². The molecular formula is C22H21F4N3O4. The van der Waals surface area contributed by atoms with E-state index in [-0.39, 0.29) is 5.75 Å². The number of anilines is 1. The van der Waals surface area contributed by atoms with Crippen LogP contribution in [0.1, 0.15) is 18.6 Å². The standard InChI is InChI=1S/C20H20FN3O2.C2HF3O2/c1-2-26-19-9-8-15(10-16(19)21)17-11-20(24-13-23-17)22-12-18(25)14-6-4-3-5-7-14;3-2(4,5)1(6)7/h3-11,13,18,25H,2,12H2,1H3,(H,22,23,24);(H,6,7)/t18-;/m0./s1. The summed E-state index contributed by atoms with van der Waals surface area (Å²) in [7, 11) is 0. The second-order valence-electron chi connectivity index (χ2n) is 6.48. The molecular weight excluding hydrogens is 446 g/mol. The van der Waals surface area contributed by atoms with Crippen LogP contribution < -0.4 is 10.1 Å². The van der Waals surface area contributed by atoms with Gasteiger partial charge in [-0.25, -0.2) is 19.2 Å². The molecule has 0 saturated carbocycles. The fraction of sp³-hybridized carbons (Fsp3) is 0.227. The van der Waals surface area contributed by atoms with E-state index >= 15 is 0 Å². The first-order chi connectivity index (χ1) is 15.6. The van der Waals surface area contributed by atoms with E-state index in [2.05, 4.69) is 15.3 Å². The van der Waals surface area contributed by atoms with E-state index in [0.29, 0.717) is 30.2 Å². The minimum absolute atomic E-state index is 0.217. The van der Waals surface area contributed by atoms with Gasteiger partial charge in [-0.1, -0.05) is 30.3 Å². The van der Waals surface area contributed by atoms with Crippen LogP contribution in [0.5, 0.6) is 5.75 Å². The fourth-order valence-corrected chi connectivity index (χ4v) is 2.54. The maximum atomic E-state index is 14.0. The molecule has 7 nitrogen and oxygen atoms in total. The van der Waals surface area contributed by atoms with Crippen LogP contribution in [0.25, 0.3) is 11.3 Å². The largest absolute Gasteiger partial charge is 0.491 e. The third-order valence-electron chi connectivity index (χ3n) is 4.10. The Balaban J connectivity index is 0.000000479. The molecule has 2 aromatic carbocycles. The number of aliphatic carboxylic acids is 1. The number of ether oxygens (including phenoxy) is 1. The monoisotopic (exact) mass is 467 g/mol. The Morgan fingerprint density at radius 1 is 1.12 bits per heavy atom. The predicted molar refractivity (Wildman–Crippen MR) is 112 cm³/mol. The number of aliphatic hydroxyl groups is 1. The van der Waals surface area contributed by atoms with Crippen LogP contribution in [0.3, 0.4) is 0 Å². The summed E-state index contributed by atoms with van der Waals surface area (Å²) in [5.74, 6) is -2.42. The number of hydrogen-bond donors (Lipinski definition) is 3. The number of hydrogen-bond acceptors (Lipinski definition) is 6. The molecule has 0 bridgehead atoms. The van der Waals surface area contributed by atoms with Crippen molar-refractivity contribution >= 4 is 11.8 Å². The Bertz CT molecular complexity index is 1050. The average molecular weight is 467 g/mol. The Labute approximate surface area is 186 Å². The van der Waals surface area contributed by atoms with Gasteiger partial charge in [-0.05, 0) is 30.7 Å². The van der Waals surface area contributed by atoms with Crippen molar-refractivity contribution in [2.45, 2.75) is 19.2 Å². The van der Waals surface area contributed by atoms with Gasteiger partial charge in [0.1, 0.15) is 12.1 Å². The van der Waals surface area contributed by atoms with E-state index in [1.807, 2.05) is 30.3 Å². The van der Waals surface area contributed by atoms with Crippen molar-refractivity contribution in [1.82, 2.24) is 9.97 Å². The lowest BCUT2D eigenvalue weighted by molar-refractivity contribution is -0.192. The van der Waals surface area contributed by atoms with E-state index in [9.17, 15) is 22.7 Å². The number of aliphatic hydroxyl groups excluding tert-OH is 1. The van der Waals surface area contributed by atoms with Gasteiger partial charge in [0.2, 0.25) is 0 Å². The second-order valence-corrected chi connectivity index (χ2v) is 6.48. The maximum absolute atomic E-state index is 14.0. The molecule has 0 unspecified atom stereocenters. The number of nitrogens with zero attached hydrogens (tertiary/aromatic N) is 2. The zero-order valence-electron chi connectivity index (χ0n) is 17.4. The summed E-state index contributed by atoms with van der Waals surface area (Å²) in [5.41, 5.74) is 2.03. The van der Waals surface area contributed by atoms with Gasteiger partial charge in [-0.2, -0.15) is 13.2 Å². The van der Waals surface area contributed by atoms with Crippen LogP contribution in [0.2, 0.25) is 0 Å². The minimum Gasteiger partial charge on any atom is -0.491 e. The number of carboxylic acids is 1. The van der Waals surface area contributed by atoms with Crippen LogP contribution in [0, 0.1) is 5.82 Å². The molecule has 0 fully saturated rings. The summed E-state index contributed by atoms with van der Waals surface area (Å²) in [6, 6.07) is 15.8. The van der Waals surface area contributed by atoms with Crippen LogP contribution >= 0.6 is 0 Å². The maximum Gasteiger partial charge on any atom is 0.490 e. The second kappa shape index (κ2) is 11.8. The van der Waals surface area contributed by atoms with Crippen LogP contribution in [0.4, 0.5) is 23.4 Å². The lowest BCUT2D eigenvalue weighted by Gasteiger charge is -2.13. The average Bonchev–Trinajstić information content (AvgIpc) is 2.79. The number of halogens is 4. The van der Waals surface area contributed by atoms with Crippen molar-refractivity contribution in [2.24, 2.45) is 0 Å². The van der Waals surface area contributed by atoms with Crippen molar-refractivity contribution < 1.29 is 37.3 Å². The molecule has 0 spiro atoms. The molecule has 1 heterocycles. The molecule has 1 atom stereocenters. The molecule has 1 aromatic heterocycles. The number of nitrogens with one attached hydrogen (secondary N) is 1. The Morgan fingerprint density at radius 3 is 2.36 bits per heavy atom. The highest BCUT2D eigenvalue weighted by Gasteiger charge is 2.38. The fourth-order valence-electron chi connectivity index (χ4n) is 2.54. The summed E-state index contributed by atoms with van der Waals surface area (Å²) < 4.78 is 51.0. The first-order valence-corrected chi connectivity index (χ1v) is 9.63. The van der Waals surface area contributed by atoms with Gasteiger partial charge in [-0.3, -0.25) is 0 Å². The van der Waals surface area contributed by atoms with Crippen molar-refractivity contribution in [1.29, 1.82) is 0 Å². The highest BCUT2D eigenvalue weighted by molar-refractivity contribution is 5.73. The molecule has 3 aromatic rings. The van der Waals surface area contributed by atoms with E-state index in [1.165, 1.54) is 12.4 Å². The third-order valence-corrected chi connectivity index (χ3v) is 4.10. The zero-order valence-corrected chi connectivity index (χ0v) is 17.4. The normalized spacial score (nSPS) is 11.7. The molecule has 176 valence electrons. The summed E-state index contributed by atoms with van der Waals surface area (Å²) in [5, 5.41) is 20.4. The molecule has 11 heteroatoms. The highest BCUT2D eigenvalue weighted by Crippen LogP contribution is 2.25. The number of aromatic nitrogens is 2. The minimum atomic E-state index is -5.08. The molecule has 0 amide bonds. The highest BCUT2D eigenvalue weighted by atomic mass is 19.4. The Morgan fingerprint density at radius 2 is 1.79 bits per heavy atom. The number of carbonyl (C=O) groups is 1.